The molecule has 1 heterocycles. The lowest BCUT2D eigenvalue weighted by molar-refractivity contribution is 0.0912. The van der Waals surface area contributed by atoms with Crippen LogP contribution in [0, 0.1) is 5.41 Å². The maximum absolute atomic E-state index is 13.0. The average Bonchev–Trinajstić information content (AvgIpc) is 2.79. The van der Waals surface area contributed by atoms with E-state index in [1.807, 2.05) is 20.8 Å². The summed E-state index contributed by atoms with van der Waals surface area (Å²) < 4.78 is 10.5. The summed E-state index contributed by atoms with van der Waals surface area (Å²) in [6.45, 7) is 5.70. The minimum absolute atomic E-state index is 0.113. The highest BCUT2D eigenvalue weighted by Gasteiger charge is 2.31. The first kappa shape index (κ1) is 22.8. The van der Waals surface area contributed by atoms with Crippen LogP contribution in [0.25, 0.3) is 0 Å². The Morgan fingerprint density at radius 3 is 2.16 bits per heavy atom. The van der Waals surface area contributed by atoms with E-state index in [2.05, 4.69) is 20.9 Å². The molecule has 9 nitrogen and oxygen atoms in total. The molecule has 0 aliphatic carbocycles. The second kappa shape index (κ2) is 9.09. The molecule has 1 unspecified atom stereocenters. The fourth-order valence-electron chi connectivity index (χ4n) is 3.00. The number of carbonyl (C=O) groups is 1. The Hall–Kier alpha value is -3.88. The van der Waals surface area contributed by atoms with Crippen LogP contribution in [0.2, 0.25) is 0 Å². The molecule has 168 valence electrons. The molecular weight excluding hydrogens is 412 g/mol. The van der Waals surface area contributed by atoms with Gasteiger partial charge in [-0.3, -0.25) is 19.4 Å². The van der Waals surface area contributed by atoms with Crippen molar-refractivity contribution in [3.8, 4) is 11.5 Å². The predicted molar refractivity (Wildman–Crippen MR) is 123 cm³/mol. The number of methoxy groups -OCH3 is 2. The molecule has 1 atom stereocenters. The lowest BCUT2D eigenvalue weighted by atomic mass is 9.91. The van der Waals surface area contributed by atoms with Gasteiger partial charge in [-0.15, -0.1) is 0 Å². The topological polar surface area (TPSA) is 119 Å². The van der Waals surface area contributed by atoms with Crippen molar-refractivity contribution in [2.24, 2.45) is 5.41 Å². The zero-order valence-electron chi connectivity index (χ0n) is 18.6. The first-order valence-electron chi connectivity index (χ1n) is 9.95. The Morgan fingerprint density at radius 2 is 1.62 bits per heavy atom. The molecule has 2 aromatic carbocycles. The summed E-state index contributed by atoms with van der Waals surface area (Å²) in [6, 6.07) is 8.28. The molecule has 3 aromatic rings. The molecule has 0 spiro atoms. The van der Waals surface area contributed by atoms with E-state index in [1.165, 1.54) is 14.2 Å². The second-order valence-corrected chi connectivity index (χ2v) is 8.29. The maximum atomic E-state index is 13.0. The van der Waals surface area contributed by atoms with Crippen LogP contribution in [0.15, 0.2) is 52.3 Å². The van der Waals surface area contributed by atoms with Gasteiger partial charge in [0.15, 0.2) is 0 Å². The molecule has 1 amide bonds. The Bertz CT molecular complexity index is 1160. The molecule has 3 N–H and O–H groups in total. The van der Waals surface area contributed by atoms with Gasteiger partial charge in [0.2, 0.25) is 0 Å². The van der Waals surface area contributed by atoms with Crippen LogP contribution in [0.3, 0.4) is 0 Å². The van der Waals surface area contributed by atoms with E-state index >= 15 is 0 Å². The molecule has 9 heteroatoms. The molecule has 32 heavy (non-hydrogen) atoms. The number of nitrogens with zero attached hydrogens (tertiary/aromatic N) is 1. The molecule has 0 fully saturated rings. The van der Waals surface area contributed by atoms with Crippen molar-refractivity contribution in [2.45, 2.75) is 26.9 Å². The second-order valence-electron chi connectivity index (χ2n) is 8.29. The van der Waals surface area contributed by atoms with Crippen LogP contribution in [0.5, 0.6) is 11.5 Å². The number of carbonyl (C=O) groups excluding carboxylic acids is 1. The highest BCUT2D eigenvalue weighted by atomic mass is 16.5. The molecule has 1 aromatic heterocycles. The zero-order valence-corrected chi connectivity index (χ0v) is 18.6. The van der Waals surface area contributed by atoms with Gasteiger partial charge in [-0.1, -0.05) is 20.8 Å². The number of hydrogen-bond donors (Lipinski definition) is 3. The average molecular weight is 438 g/mol. The minimum atomic E-state index is -0.662. The standard InChI is InChI=1S/C23H26N4O5/c1-23(2,3)22(27-21(30)13-9-15(31-4)11-16(10-13)32-5)26-18-17(19(28)20(18)29)25-14-7-6-8-24-12-14/h6-12,22,25-26H,1-5H3,(H,27,30). The molecule has 0 saturated carbocycles. The quantitative estimate of drug-likeness (QED) is 0.363. The van der Waals surface area contributed by atoms with E-state index in [-0.39, 0.29) is 11.4 Å². The van der Waals surface area contributed by atoms with Crippen molar-refractivity contribution in [3.05, 3.63) is 68.7 Å². The molecular formula is C23H26N4O5. The minimum Gasteiger partial charge on any atom is -0.497 e. The summed E-state index contributed by atoms with van der Waals surface area (Å²) in [6.07, 6.45) is 2.48. The number of benzene rings is 1. The lowest BCUT2D eigenvalue weighted by Gasteiger charge is -2.33. The van der Waals surface area contributed by atoms with E-state index in [0.29, 0.717) is 22.7 Å². The van der Waals surface area contributed by atoms with E-state index in [0.717, 1.165) is 0 Å². The van der Waals surface area contributed by atoms with E-state index in [4.69, 9.17) is 9.47 Å². The van der Waals surface area contributed by atoms with Crippen molar-refractivity contribution < 1.29 is 14.3 Å². The van der Waals surface area contributed by atoms with Crippen molar-refractivity contribution in [1.29, 1.82) is 0 Å². The van der Waals surface area contributed by atoms with E-state index < -0.39 is 28.3 Å². The number of rotatable bonds is 8. The Kier molecular flexibility index (Phi) is 6.47. The molecule has 0 saturated heterocycles. The zero-order chi connectivity index (χ0) is 23.5. The largest absolute Gasteiger partial charge is 0.497 e. The molecule has 0 aliphatic heterocycles. The molecule has 0 radical (unpaired) electrons. The highest BCUT2D eigenvalue weighted by Crippen LogP contribution is 2.27. The van der Waals surface area contributed by atoms with E-state index in [9.17, 15) is 14.4 Å². The number of ether oxygens (including phenoxy) is 2. The van der Waals surface area contributed by atoms with Gasteiger partial charge in [-0.05, 0) is 24.3 Å². The van der Waals surface area contributed by atoms with Crippen molar-refractivity contribution in [2.75, 3.05) is 24.9 Å². The molecule has 3 rings (SSSR count). The third kappa shape index (κ3) is 4.88. The third-order valence-electron chi connectivity index (χ3n) is 4.88. The highest BCUT2D eigenvalue weighted by molar-refractivity contribution is 5.95. The number of hydrogen-bond acceptors (Lipinski definition) is 8. The summed E-state index contributed by atoms with van der Waals surface area (Å²) >= 11 is 0. The van der Waals surface area contributed by atoms with Gasteiger partial charge in [0, 0.05) is 23.2 Å². The van der Waals surface area contributed by atoms with Gasteiger partial charge in [0.05, 0.1) is 26.1 Å². The summed E-state index contributed by atoms with van der Waals surface area (Å²) in [5.74, 6) is 0.551. The number of aromatic nitrogens is 1. The molecule has 0 aliphatic rings. The van der Waals surface area contributed by atoms with Gasteiger partial charge in [0.25, 0.3) is 16.8 Å². The third-order valence-corrected chi connectivity index (χ3v) is 4.88. The van der Waals surface area contributed by atoms with E-state index in [1.54, 1.807) is 42.7 Å². The fraction of sp³-hybridized carbons (Fsp3) is 0.304. The first-order chi connectivity index (χ1) is 15.1. The van der Waals surface area contributed by atoms with Crippen molar-refractivity contribution in [1.82, 2.24) is 10.3 Å². The Morgan fingerprint density at radius 1 is 1.00 bits per heavy atom. The predicted octanol–water partition coefficient (Wildman–Crippen LogP) is 2.65. The fourth-order valence-corrected chi connectivity index (χ4v) is 3.00. The van der Waals surface area contributed by atoms with Crippen LogP contribution in [0.4, 0.5) is 17.1 Å². The van der Waals surface area contributed by atoms with Gasteiger partial charge in [-0.25, -0.2) is 0 Å². The van der Waals surface area contributed by atoms with Crippen LogP contribution in [-0.4, -0.2) is 31.3 Å². The van der Waals surface area contributed by atoms with Crippen LogP contribution in [-0.2, 0) is 0 Å². The van der Waals surface area contributed by atoms with Gasteiger partial charge in [0.1, 0.15) is 29.0 Å². The van der Waals surface area contributed by atoms with Gasteiger partial charge in [-0.2, -0.15) is 0 Å². The number of anilines is 3. The van der Waals surface area contributed by atoms with Crippen LogP contribution < -0.4 is 36.3 Å². The van der Waals surface area contributed by atoms with Gasteiger partial charge < -0.3 is 25.4 Å². The van der Waals surface area contributed by atoms with Crippen molar-refractivity contribution >= 4 is 23.0 Å². The van der Waals surface area contributed by atoms with Crippen molar-refractivity contribution in [3.63, 3.8) is 0 Å². The van der Waals surface area contributed by atoms with Crippen LogP contribution in [0.1, 0.15) is 31.1 Å². The van der Waals surface area contributed by atoms with Gasteiger partial charge >= 0.3 is 0 Å². The molecule has 0 bridgehead atoms. The number of nitrogens with one attached hydrogen (secondary N) is 3. The smallest absolute Gasteiger partial charge is 0.253 e. The van der Waals surface area contributed by atoms with Crippen LogP contribution >= 0.6 is 0 Å². The first-order valence-corrected chi connectivity index (χ1v) is 9.95. The Balaban J connectivity index is 1.85. The summed E-state index contributed by atoms with van der Waals surface area (Å²) in [5, 5.41) is 8.85. The normalized spacial score (nSPS) is 12.2. The monoisotopic (exact) mass is 438 g/mol. The number of pyridine rings is 1. The number of amides is 1. The summed E-state index contributed by atoms with van der Waals surface area (Å²) in [7, 11) is 3.00. The lowest BCUT2D eigenvalue weighted by Crippen LogP contribution is -2.51. The SMILES string of the molecule is COc1cc(OC)cc(C(=O)NC(Nc2c(Nc3cccnc3)c(=O)c2=O)C(C)(C)C)c1. The summed E-state index contributed by atoms with van der Waals surface area (Å²) in [5.41, 5.74) is -0.629. The Labute approximate surface area is 185 Å². The summed E-state index contributed by atoms with van der Waals surface area (Å²) in [4.78, 5) is 41.4. The maximum Gasteiger partial charge on any atom is 0.253 e.